The molecule has 0 aliphatic heterocycles. The molecule has 0 saturated heterocycles. The molecule has 0 fully saturated rings. The highest BCUT2D eigenvalue weighted by Gasteiger charge is 2.24. The number of carbonyl (C=O) groups is 1. The van der Waals surface area contributed by atoms with Crippen LogP contribution in [0.25, 0.3) is 11.1 Å². The van der Waals surface area contributed by atoms with Crippen LogP contribution in [0.5, 0.6) is 0 Å². The van der Waals surface area contributed by atoms with Gasteiger partial charge in [0.2, 0.25) is 0 Å². The normalized spacial score (nSPS) is 11.5. The Kier molecular flexibility index (Phi) is 5.95. The smallest absolute Gasteiger partial charge is 0.270 e. The predicted octanol–water partition coefficient (Wildman–Crippen LogP) is 5.97. The zero-order chi connectivity index (χ0) is 20.3. The number of aromatic nitrogens is 1. The summed E-state index contributed by atoms with van der Waals surface area (Å²) >= 11 is 6.06. The van der Waals surface area contributed by atoms with Gasteiger partial charge in [0.05, 0.1) is 0 Å². The van der Waals surface area contributed by atoms with Crippen LogP contribution in [-0.2, 0) is 6.54 Å². The van der Waals surface area contributed by atoms with E-state index in [2.05, 4.69) is 32.9 Å². The molecule has 0 saturated carbocycles. The summed E-state index contributed by atoms with van der Waals surface area (Å²) in [6, 6.07) is 19.9. The number of hydrogen-bond donors (Lipinski definition) is 0. The number of halogens is 1. The van der Waals surface area contributed by atoms with Gasteiger partial charge in [0.1, 0.15) is 5.69 Å². The summed E-state index contributed by atoms with van der Waals surface area (Å²) in [6.07, 6.45) is 2.00. The fourth-order valence-electron chi connectivity index (χ4n) is 3.45. The lowest BCUT2D eigenvalue weighted by molar-refractivity contribution is 0.0736. The molecule has 0 atom stereocenters. The molecule has 0 unspecified atom stereocenters. The lowest BCUT2D eigenvalue weighted by atomic mass is 9.96. The van der Waals surface area contributed by atoms with Crippen molar-refractivity contribution in [2.75, 3.05) is 13.6 Å². The molecular weight excluding hydrogens is 368 g/mol. The molecule has 3 aromatic rings. The summed E-state index contributed by atoms with van der Waals surface area (Å²) in [4.78, 5) is 15.3. The van der Waals surface area contributed by atoms with Crippen LogP contribution in [0.1, 0.15) is 36.8 Å². The van der Waals surface area contributed by atoms with E-state index in [0.717, 1.165) is 16.7 Å². The minimum atomic E-state index is 0.0285. The summed E-state index contributed by atoms with van der Waals surface area (Å²) in [5, 5.41) is 0.685. The molecule has 2 aromatic carbocycles. The summed E-state index contributed by atoms with van der Waals surface area (Å²) in [7, 11) is 1.87. The van der Waals surface area contributed by atoms with E-state index < -0.39 is 0 Å². The fourth-order valence-corrected chi connectivity index (χ4v) is 3.58. The average Bonchev–Trinajstić information content (AvgIpc) is 3.04. The van der Waals surface area contributed by atoms with Crippen LogP contribution in [-0.4, -0.2) is 29.0 Å². The van der Waals surface area contributed by atoms with Crippen molar-refractivity contribution >= 4 is 17.5 Å². The maximum Gasteiger partial charge on any atom is 0.270 e. The number of benzene rings is 2. The molecule has 146 valence electrons. The topological polar surface area (TPSA) is 25.2 Å². The molecular formula is C24H27ClN2O. The van der Waals surface area contributed by atoms with E-state index in [-0.39, 0.29) is 11.3 Å². The van der Waals surface area contributed by atoms with Crippen molar-refractivity contribution in [3.05, 3.63) is 83.1 Å². The minimum Gasteiger partial charge on any atom is -0.340 e. The van der Waals surface area contributed by atoms with E-state index in [0.29, 0.717) is 23.8 Å². The summed E-state index contributed by atoms with van der Waals surface area (Å²) in [5.74, 6) is 0.0285. The lowest BCUT2D eigenvalue weighted by Gasteiger charge is -2.27. The third-order valence-electron chi connectivity index (χ3n) is 4.58. The first-order valence-electron chi connectivity index (χ1n) is 9.49. The molecule has 3 nitrogen and oxygen atoms in total. The number of amides is 1. The fraction of sp³-hybridized carbons (Fsp3) is 0.292. The summed E-state index contributed by atoms with van der Waals surface area (Å²) in [5.41, 5.74) is 3.81. The first-order valence-corrected chi connectivity index (χ1v) is 9.87. The Balaban J connectivity index is 2.03. The second-order valence-corrected chi connectivity index (χ2v) is 8.86. The van der Waals surface area contributed by atoms with Crippen LogP contribution in [0.4, 0.5) is 0 Å². The molecule has 0 aliphatic carbocycles. The molecule has 1 amide bonds. The highest BCUT2D eigenvalue weighted by atomic mass is 35.5. The highest BCUT2D eigenvalue weighted by molar-refractivity contribution is 6.30. The second kappa shape index (κ2) is 8.24. The predicted molar refractivity (Wildman–Crippen MR) is 117 cm³/mol. The van der Waals surface area contributed by atoms with Crippen molar-refractivity contribution < 1.29 is 4.79 Å². The molecule has 1 heterocycles. The Morgan fingerprint density at radius 1 is 1.00 bits per heavy atom. The molecule has 0 bridgehead atoms. The third kappa shape index (κ3) is 4.85. The van der Waals surface area contributed by atoms with Gasteiger partial charge in [-0.05, 0) is 34.7 Å². The minimum absolute atomic E-state index is 0.0285. The van der Waals surface area contributed by atoms with E-state index in [1.165, 1.54) is 0 Å². The molecule has 28 heavy (non-hydrogen) atoms. The highest BCUT2D eigenvalue weighted by Crippen LogP contribution is 2.28. The molecule has 4 heteroatoms. The Morgan fingerprint density at radius 2 is 1.64 bits per heavy atom. The van der Waals surface area contributed by atoms with Crippen LogP contribution in [0.2, 0.25) is 5.02 Å². The molecule has 1 aromatic heterocycles. The van der Waals surface area contributed by atoms with Gasteiger partial charge < -0.3 is 9.47 Å². The number of rotatable bonds is 5. The first-order chi connectivity index (χ1) is 13.2. The molecule has 0 aliphatic rings. The maximum absolute atomic E-state index is 13.4. The van der Waals surface area contributed by atoms with Crippen molar-refractivity contribution in [3.8, 4) is 11.1 Å². The van der Waals surface area contributed by atoms with Crippen molar-refractivity contribution in [1.82, 2.24) is 9.47 Å². The van der Waals surface area contributed by atoms with Gasteiger partial charge in [-0.3, -0.25) is 4.79 Å². The Hall–Kier alpha value is -2.52. The van der Waals surface area contributed by atoms with Crippen molar-refractivity contribution in [2.45, 2.75) is 27.3 Å². The quantitative estimate of drug-likeness (QED) is 0.523. The molecule has 0 N–H and O–H groups in total. The number of hydrogen-bond acceptors (Lipinski definition) is 1. The zero-order valence-electron chi connectivity index (χ0n) is 16.9. The third-order valence-corrected chi connectivity index (χ3v) is 4.83. The monoisotopic (exact) mass is 394 g/mol. The van der Waals surface area contributed by atoms with Crippen LogP contribution in [0.3, 0.4) is 0 Å². The lowest BCUT2D eigenvalue weighted by Crippen LogP contribution is -2.35. The van der Waals surface area contributed by atoms with Crippen LogP contribution >= 0.6 is 11.6 Å². The standard InChI is InChI=1S/C24H27ClN2O/c1-24(2,3)17-26(4)23(28)22-21(19-10-12-20(25)13-11-19)14-15-27(22)16-18-8-6-5-7-9-18/h5-15H,16-17H2,1-4H3. The van der Waals surface area contributed by atoms with Crippen LogP contribution < -0.4 is 0 Å². The van der Waals surface area contributed by atoms with E-state index in [9.17, 15) is 4.79 Å². The largest absolute Gasteiger partial charge is 0.340 e. The average molecular weight is 395 g/mol. The van der Waals surface area contributed by atoms with Gasteiger partial charge in [0.15, 0.2) is 0 Å². The van der Waals surface area contributed by atoms with Crippen molar-refractivity contribution in [1.29, 1.82) is 0 Å². The Bertz CT molecular complexity index is 937. The van der Waals surface area contributed by atoms with Gasteiger partial charge >= 0.3 is 0 Å². The van der Waals surface area contributed by atoms with Crippen LogP contribution in [0.15, 0.2) is 66.9 Å². The maximum atomic E-state index is 13.4. The van der Waals surface area contributed by atoms with Gasteiger partial charge in [-0.2, -0.15) is 0 Å². The van der Waals surface area contributed by atoms with E-state index in [1.807, 2.05) is 71.2 Å². The number of nitrogens with zero attached hydrogens (tertiary/aromatic N) is 2. The van der Waals surface area contributed by atoms with E-state index >= 15 is 0 Å². The first kappa shape index (κ1) is 20.2. The molecule has 3 rings (SSSR count). The molecule has 0 radical (unpaired) electrons. The van der Waals surface area contributed by atoms with Crippen molar-refractivity contribution in [3.63, 3.8) is 0 Å². The van der Waals surface area contributed by atoms with Gasteiger partial charge in [-0.1, -0.05) is 74.8 Å². The van der Waals surface area contributed by atoms with Crippen molar-refractivity contribution in [2.24, 2.45) is 5.41 Å². The second-order valence-electron chi connectivity index (χ2n) is 8.42. The van der Waals surface area contributed by atoms with E-state index in [4.69, 9.17) is 11.6 Å². The molecule has 0 spiro atoms. The Labute approximate surface area is 172 Å². The van der Waals surface area contributed by atoms with Gasteiger partial charge in [0.25, 0.3) is 5.91 Å². The van der Waals surface area contributed by atoms with Gasteiger partial charge in [-0.15, -0.1) is 0 Å². The van der Waals surface area contributed by atoms with Gasteiger partial charge in [0, 0.05) is 36.9 Å². The number of carbonyl (C=O) groups excluding carboxylic acids is 1. The van der Waals surface area contributed by atoms with E-state index in [1.54, 1.807) is 0 Å². The Morgan fingerprint density at radius 3 is 2.25 bits per heavy atom. The SMILES string of the molecule is CN(CC(C)(C)C)C(=O)c1c(-c2ccc(Cl)cc2)ccn1Cc1ccccc1. The van der Waals surface area contributed by atoms with Gasteiger partial charge in [-0.25, -0.2) is 0 Å². The summed E-state index contributed by atoms with van der Waals surface area (Å²) in [6.45, 7) is 7.75. The zero-order valence-corrected chi connectivity index (χ0v) is 17.7. The van der Waals surface area contributed by atoms with Crippen LogP contribution in [0, 0.1) is 5.41 Å². The summed E-state index contributed by atoms with van der Waals surface area (Å²) < 4.78 is 2.04.